The molecule has 2 heterocycles. The number of hydrogen-bond acceptors (Lipinski definition) is 4. The van der Waals surface area contributed by atoms with Gasteiger partial charge in [-0.3, -0.25) is 9.48 Å². The first-order valence-corrected chi connectivity index (χ1v) is 8.35. The van der Waals surface area contributed by atoms with Crippen molar-refractivity contribution in [3.63, 3.8) is 0 Å². The summed E-state index contributed by atoms with van der Waals surface area (Å²) in [6.07, 6.45) is -3.97. The predicted octanol–water partition coefficient (Wildman–Crippen LogP) is 3.36. The van der Waals surface area contributed by atoms with E-state index in [1.54, 1.807) is 12.1 Å². The van der Waals surface area contributed by atoms with Crippen LogP contribution < -0.4 is 10.1 Å². The molecule has 1 aromatic carbocycles. The van der Waals surface area contributed by atoms with Gasteiger partial charge in [-0.1, -0.05) is 0 Å². The molecule has 26 heavy (non-hydrogen) atoms. The Morgan fingerprint density at radius 1 is 1.46 bits per heavy atom. The summed E-state index contributed by atoms with van der Waals surface area (Å²) in [5, 5.41) is 7.04. The van der Waals surface area contributed by atoms with Crippen molar-refractivity contribution in [2.45, 2.75) is 39.1 Å². The number of hydrogen-bond donors (Lipinski definition) is 1. The molecule has 1 saturated heterocycles. The van der Waals surface area contributed by atoms with Gasteiger partial charge in [-0.25, -0.2) is 0 Å². The molecule has 0 aliphatic carbocycles. The van der Waals surface area contributed by atoms with Gasteiger partial charge in [-0.2, -0.15) is 18.3 Å². The van der Waals surface area contributed by atoms with E-state index in [9.17, 15) is 18.0 Å². The lowest BCUT2D eigenvalue weighted by Gasteiger charge is -2.11. The van der Waals surface area contributed by atoms with E-state index in [1.165, 1.54) is 6.07 Å². The Hall–Kier alpha value is -2.29. The maximum atomic E-state index is 12.9. The van der Waals surface area contributed by atoms with Crippen molar-refractivity contribution in [1.29, 1.82) is 0 Å². The number of nitrogens with one attached hydrogen (secondary N) is 1. The van der Waals surface area contributed by atoms with E-state index in [4.69, 9.17) is 9.47 Å². The zero-order valence-electron chi connectivity index (χ0n) is 14.5. The molecule has 6 nitrogen and oxygen atoms in total. The Balaban J connectivity index is 1.95. The highest BCUT2D eigenvalue weighted by Gasteiger charge is 2.31. The Labute approximate surface area is 148 Å². The van der Waals surface area contributed by atoms with E-state index < -0.39 is 12.7 Å². The summed E-state index contributed by atoms with van der Waals surface area (Å²) in [5.74, 6) is -0.0694. The van der Waals surface area contributed by atoms with Crippen molar-refractivity contribution in [1.82, 2.24) is 9.78 Å². The van der Waals surface area contributed by atoms with Crippen LogP contribution >= 0.6 is 0 Å². The second-order valence-electron chi connectivity index (χ2n) is 6.52. The summed E-state index contributed by atoms with van der Waals surface area (Å²) in [6.45, 7) is 3.20. The van der Waals surface area contributed by atoms with Crippen LogP contribution in [0.2, 0.25) is 0 Å². The molecule has 0 spiro atoms. The number of ether oxygens (including phenoxy) is 2. The van der Waals surface area contributed by atoms with E-state index in [-0.39, 0.29) is 29.3 Å². The van der Waals surface area contributed by atoms with Crippen LogP contribution in [0.15, 0.2) is 18.2 Å². The Bertz CT molecular complexity index is 796. The van der Waals surface area contributed by atoms with Crippen molar-refractivity contribution in [3.05, 3.63) is 18.2 Å². The molecule has 1 atom stereocenters. The molecular weight excluding hydrogens is 351 g/mol. The summed E-state index contributed by atoms with van der Waals surface area (Å²) < 4.78 is 50.3. The third-order valence-electron chi connectivity index (χ3n) is 3.97. The highest BCUT2D eigenvalue weighted by atomic mass is 19.4. The lowest BCUT2D eigenvalue weighted by atomic mass is 10.1. The first-order chi connectivity index (χ1) is 12.2. The monoisotopic (exact) mass is 371 g/mol. The Kier molecular flexibility index (Phi) is 5.08. The topological polar surface area (TPSA) is 65.4 Å². The number of benzene rings is 1. The van der Waals surface area contributed by atoms with Gasteiger partial charge in [0.15, 0.2) is 5.82 Å². The lowest BCUT2D eigenvalue weighted by molar-refractivity contribution is -0.141. The van der Waals surface area contributed by atoms with Gasteiger partial charge in [0, 0.05) is 18.1 Å². The second kappa shape index (κ2) is 7.14. The van der Waals surface area contributed by atoms with Crippen LogP contribution in [0.3, 0.4) is 0 Å². The molecule has 1 aliphatic heterocycles. The predicted molar refractivity (Wildman–Crippen MR) is 89.1 cm³/mol. The molecule has 0 unspecified atom stereocenters. The van der Waals surface area contributed by atoms with Crippen LogP contribution in [-0.2, 0) is 16.1 Å². The highest BCUT2D eigenvalue weighted by Crippen LogP contribution is 2.30. The lowest BCUT2D eigenvalue weighted by Crippen LogP contribution is -2.23. The minimum atomic E-state index is -4.44. The number of carbonyl (C=O) groups excluding carboxylic acids is 1. The van der Waals surface area contributed by atoms with Gasteiger partial charge < -0.3 is 14.8 Å². The summed E-state index contributed by atoms with van der Waals surface area (Å²) in [4.78, 5) is 12.3. The number of halogens is 3. The molecule has 1 aromatic heterocycles. The molecular formula is C17H20F3N3O3. The fraction of sp³-hybridized carbons (Fsp3) is 0.529. The quantitative estimate of drug-likeness (QED) is 0.875. The average molecular weight is 371 g/mol. The van der Waals surface area contributed by atoms with Crippen LogP contribution in [0.4, 0.5) is 19.0 Å². The first kappa shape index (κ1) is 18.5. The molecule has 2 aromatic rings. The number of nitrogens with zero attached hydrogens (tertiary/aromatic N) is 2. The summed E-state index contributed by atoms with van der Waals surface area (Å²) in [6, 6.07) is 4.76. The molecule has 142 valence electrons. The zero-order chi connectivity index (χ0) is 18.9. The number of anilines is 1. The molecule has 0 radical (unpaired) electrons. The van der Waals surface area contributed by atoms with Gasteiger partial charge in [-0.05, 0) is 32.4 Å². The molecule has 9 heteroatoms. The number of fused-ring (bicyclic) bond motifs is 1. The van der Waals surface area contributed by atoms with Crippen LogP contribution in [0.1, 0.15) is 20.3 Å². The molecule has 1 aliphatic rings. The van der Waals surface area contributed by atoms with Crippen LogP contribution in [0.5, 0.6) is 5.75 Å². The first-order valence-electron chi connectivity index (χ1n) is 8.35. The Morgan fingerprint density at radius 3 is 2.85 bits per heavy atom. The van der Waals surface area contributed by atoms with Gasteiger partial charge in [0.05, 0.1) is 24.1 Å². The normalized spacial score (nSPS) is 17.8. The molecule has 0 bridgehead atoms. The Morgan fingerprint density at radius 2 is 2.23 bits per heavy atom. The third-order valence-corrected chi connectivity index (χ3v) is 3.97. The molecule has 3 rings (SSSR count). The third kappa shape index (κ3) is 4.27. The van der Waals surface area contributed by atoms with Crippen molar-refractivity contribution in [2.75, 3.05) is 18.5 Å². The summed E-state index contributed by atoms with van der Waals surface area (Å²) in [5.41, 5.74) is 0.249. The number of alkyl halides is 3. The maximum Gasteiger partial charge on any atom is 0.408 e. The highest BCUT2D eigenvalue weighted by molar-refractivity contribution is 6.01. The van der Waals surface area contributed by atoms with Crippen molar-refractivity contribution in [3.8, 4) is 5.75 Å². The van der Waals surface area contributed by atoms with Crippen LogP contribution in [0.25, 0.3) is 10.9 Å². The van der Waals surface area contributed by atoms with Crippen LogP contribution in [0, 0.1) is 5.92 Å². The minimum absolute atomic E-state index is 0.109. The molecule has 1 N–H and O–H groups in total. The van der Waals surface area contributed by atoms with E-state index >= 15 is 0 Å². The zero-order valence-corrected chi connectivity index (χ0v) is 14.5. The number of aromatic nitrogens is 2. The molecule has 1 fully saturated rings. The molecule has 1 amide bonds. The van der Waals surface area contributed by atoms with E-state index in [0.717, 1.165) is 4.68 Å². The van der Waals surface area contributed by atoms with Gasteiger partial charge in [0.25, 0.3) is 0 Å². The van der Waals surface area contributed by atoms with E-state index in [2.05, 4.69) is 10.4 Å². The number of carbonyl (C=O) groups is 1. The fourth-order valence-corrected chi connectivity index (χ4v) is 2.84. The fourth-order valence-electron chi connectivity index (χ4n) is 2.84. The average Bonchev–Trinajstić information content (AvgIpc) is 3.15. The van der Waals surface area contributed by atoms with Crippen molar-refractivity contribution in [2.24, 2.45) is 5.92 Å². The standard InChI is InChI=1S/C17H20F3N3O3/c1-10(2)26-12-3-4-13-14(7-12)23(9-17(18,19)20)22-15(13)21-16(24)11-5-6-25-8-11/h3-4,7,10-11H,5-6,8-9H2,1-2H3,(H,21,22,24)/t11-/m1/s1. The van der Waals surface area contributed by atoms with Gasteiger partial charge in [0.2, 0.25) is 5.91 Å². The van der Waals surface area contributed by atoms with Crippen molar-refractivity contribution >= 4 is 22.6 Å². The largest absolute Gasteiger partial charge is 0.491 e. The molecule has 0 saturated carbocycles. The number of rotatable bonds is 5. The second-order valence-corrected chi connectivity index (χ2v) is 6.52. The summed E-state index contributed by atoms with van der Waals surface area (Å²) >= 11 is 0. The van der Waals surface area contributed by atoms with Gasteiger partial charge in [-0.15, -0.1) is 0 Å². The summed E-state index contributed by atoms with van der Waals surface area (Å²) in [7, 11) is 0. The maximum absolute atomic E-state index is 12.9. The van der Waals surface area contributed by atoms with Crippen molar-refractivity contribution < 1.29 is 27.4 Å². The van der Waals surface area contributed by atoms with Gasteiger partial charge in [0.1, 0.15) is 12.3 Å². The number of amides is 1. The van der Waals surface area contributed by atoms with E-state index in [1.807, 2.05) is 13.8 Å². The van der Waals surface area contributed by atoms with Gasteiger partial charge >= 0.3 is 6.18 Å². The minimum Gasteiger partial charge on any atom is -0.491 e. The SMILES string of the molecule is CC(C)Oc1ccc2c(NC(=O)[C@@H]3CCOC3)nn(CC(F)(F)F)c2c1. The van der Waals surface area contributed by atoms with E-state index in [0.29, 0.717) is 30.8 Å². The van der Waals surface area contributed by atoms with Crippen LogP contribution in [-0.4, -0.2) is 41.2 Å². The smallest absolute Gasteiger partial charge is 0.408 e.